The van der Waals surface area contributed by atoms with Gasteiger partial charge in [0.05, 0.1) is 5.69 Å². The van der Waals surface area contributed by atoms with Gasteiger partial charge in [-0.25, -0.2) is 0 Å². The zero-order chi connectivity index (χ0) is 14.5. The molecule has 0 radical (unpaired) electrons. The topological polar surface area (TPSA) is 66.0 Å². The molecule has 0 unspecified atom stereocenters. The van der Waals surface area contributed by atoms with Gasteiger partial charge in [0.2, 0.25) is 17.8 Å². The van der Waals surface area contributed by atoms with Gasteiger partial charge in [-0.15, -0.1) is 0 Å². The van der Waals surface area contributed by atoms with Crippen molar-refractivity contribution in [2.24, 2.45) is 0 Å². The van der Waals surface area contributed by atoms with Gasteiger partial charge in [0, 0.05) is 24.2 Å². The summed E-state index contributed by atoms with van der Waals surface area (Å²) in [4.78, 5) is 15.0. The highest BCUT2D eigenvalue weighted by Crippen LogP contribution is 2.21. The minimum Gasteiger partial charge on any atom is -0.354 e. The average Bonchev–Trinajstić information content (AvgIpc) is 2.41. The maximum absolute atomic E-state index is 4.40. The summed E-state index contributed by atoms with van der Waals surface area (Å²) in [7, 11) is 3.81. The molecular weight excluding hydrogens is 367 g/mol. The van der Waals surface area contributed by atoms with Crippen molar-refractivity contribution in [3.63, 3.8) is 0 Å². The summed E-state index contributed by atoms with van der Waals surface area (Å²) in [5, 5.41) is 6.34. The number of halogens is 1. The first kappa shape index (κ1) is 14.8. The van der Waals surface area contributed by atoms with Crippen LogP contribution in [0.5, 0.6) is 0 Å². The monoisotopic (exact) mass is 384 g/mol. The zero-order valence-corrected chi connectivity index (χ0v) is 13.8. The van der Waals surface area contributed by atoms with Crippen molar-refractivity contribution >= 4 is 46.1 Å². The summed E-state index contributed by atoms with van der Waals surface area (Å²) in [6, 6.07) is 8.00. The molecule has 1 aromatic heterocycles. The molecule has 7 heteroatoms. The van der Waals surface area contributed by atoms with E-state index in [-0.39, 0.29) is 0 Å². The van der Waals surface area contributed by atoms with Gasteiger partial charge in [0.15, 0.2) is 0 Å². The van der Waals surface area contributed by atoms with Crippen molar-refractivity contribution in [2.45, 2.75) is 6.92 Å². The molecule has 0 spiro atoms. The fourth-order valence-corrected chi connectivity index (χ4v) is 2.06. The van der Waals surface area contributed by atoms with E-state index >= 15 is 0 Å². The quantitative estimate of drug-likeness (QED) is 0.773. The molecule has 2 rings (SSSR count). The lowest BCUT2D eigenvalue weighted by Gasteiger charge is -2.14. The van der Waals surface area contributed by atoms with E-state index in [4.69, 9.17) is 0 Å². The molecule has 1 heterocycles. The first-order chi connectivity index (χ1) is 9.60. The van der Waals surface area contributed by atoms with E-state index in [0.717, 1.165) is 15.8 Å². The van der Waals surface area contributed by atoms with Gasteiger partial charge in [-0.3, -0.25) is 0 Å². The van der Waals surface area contributed by atoms with Crippen LogP contribution in [0.2, 0.25) is 0 Å². The number of rotatable bonds is 5. The van der Waals surface area contributed by atoms with Crippen LogP contribution in [0.1, 0.15) is 6.92 Å². The van der Waals surface area contributed by atoms with Crippen molar-refractivity contribution in [1.82, 2.24) is 15.0 Å². The van der Waals surface area contributed by atoms with E-state index in [1.54, 1.807) is 0 Å². The van der Waals surface area contributed by atoms with Gasteiger partial charge in [0.1, 0.15) is 0 Å². The smallest absolute Gasteiger partial charge is 0.233 e. The SMILES string of the molecule is CCNc1nc(Nc2ccccc2I)nc(N(C)C)n1. The average molecular weight is 384 g/mol. The van der Waals surface area contributed by atoms with Gasteiger partial charge < -0.3 is 15.5 Å². The normalized spacial score (nSPS) is 10.2. The lowest BCUT2D eigenvalue weighted by molar-refractivity contribution is 0.953. The number of nitrogens with one attached hydrogen (secondary N) is 2. The second-order valence-electron chi connectivity index (χ2n) is 4.31. The van der Waals surface area contributed by atoms with Crippen molar-refractivity contribution in [1.29, 1.82) is 0 Å². The lowest BCUT2D eigenvalue weighted by atomic mass is 10.3. The number of para-hydroxylation sites is 1. The molecule has 6 nitrogen and oxygen atoms in total. The van der Waals surface area contributed by atoms with Gasteiger partial charge >= 0.3 is 0 Å². The Labute approximate surface area is 132 Å². The summed E-state index contributed by atoms with van der Waals surface area (Å²) >= 11 is 2.27. The zero-order valence-electron chi connectivity index (χ0n) is 11.7. The molecular formula is C13H17IN6. The molecule has 0 aliphatic carbocycles. The molecule has 0 aliphatic heterocycles. The van der Waals surface area contributed by atoms with Crippen LogP contribution >= 0.6 is 22.6 Å². The van der Waals surface area contributed by atoms with Crippen LogP contribution in [0, 0.1) is 3.57 Å². The summed E-state index contributed by atoms with van der Waals surface area (Å²) in [5.41, 5.74) is 0.978. The lowest BCUT2D eigenvalue weighted by Crippen LogP contribution is -2.16. The van der Waals surface area contributed by atoms with Crippen LogP contribution in [-0.2, 0) is 0 Å². The summed E-state index contributed by atoms with van der Waals surface area (Å²) in [5.74, 6) is 1.72. The Balaban J connectivity index is 2.33. The Morgan fingerprint density at radius 3 is 2.45 bits per heavy atom. The summed E-state index contributed by atoms with van der Waals surface area (Å²) in [6.45, 7) is 2.77. The van der Waals surface area contributed by atoms with Crippen LogP contribution in [0.3, 0.4) is 0 Å². The van der Waals surface area contributed by atoms with E-state index < -0.39 is 0 Å². The maximum Gasteiger partial charge on any atom is 0.233 e. The van der Waals surface area contributed by atoms with Gasteiger partial charge in [-0.2, -0.15) is 15.0 Å². The molecule has 1 aromatic carbocycles. The molecule has 2 aromatic rings. The molecule has 106 valence electrons. The van der Waals surface area contributed by atoms with Crippen LogP contribution in [0.25, 0.3) is 0 Å². The minimum absolute atomic E-state index is 0.531. The van der Waals surface area contributed by atoms with Crippen LogP contribution in [-0.4, -0.2) is 35.6 Å². The molecule has 0 amide bonds. The number of benzene rings is 1. The molecule has 2 N–H and O–H groups in total. The highest BCUT2D eigenvalue weighted by Gasteiger charge is 2.08. The summed E-state index contributed by atoms with van der Waals surface area (Å²) in [6.07, 6.45) is 0. The third-order valence-electron chi connectivity index (χ3n) is 2.48. The highest BCUT2D eigenvalue weighted by atomic mass is 127. The number of nitrogens with zero attached hydrogens (tertiary/aromatic N) is 4. The standard InChI is InChI=1S/C13H17IN6/c1-4-15-11-17-12(19-13(18-11)20(2)3)16-10-8-6-5-7-9(10)14/h5-8H,4H2,1-3H3,(H2,15,16,17,18,19). The first-order valence-electron chi connectivity index (χ1n) is 6.29. The number of anilines is 4. The van der Waals surface area contributed by atoms with Crippen LogP contribution in [0.4, 0.5) is 23.5 Å². The van der Waals surface area contributed by atoms with Gasteiger partial charge in [-0.1, -0.05) is 12.1 Å². The third-order valence-corrected chi connectivity index (χ3v) is 3.42. The van der Waals surface area contributed by atoms with Crippen LogP contribution in [0.15, 0.2) is 24.3 Å². The Morgan fingerprint density at radius 2 is 1.80 bits per heavy atom. The largest absolute Gasteiger partial charge is 0.354 e. The Hall–Kier alpha value is -1.64. The van der Waals surface area contributed by atoms with Gasteiger partial charge in [0.25, 0.3) is 0 Å². The molecule has 0 fully saturated rings. The third kappa shape index (κ3) is 3.69. The molecule has 20 heavy (non-hydrogen) atoms. The number of hydrogen-bond donors (Lipinski definition) is 2. The van der Waals surface area contributed by atoms with Crippen LogP contribution < -0.4 is 15.5 Å². The summed E-state index contributed by atoms with van der Waals surface area (Å²) < 4.78 is 1.11. The molecule has 0 atom stereocenters. The highest BCUT2D eigenvalue weighted by molar-refractivity contribution is 14.1. The second-order valence-corrected chi connectivity index (χ2v) is 5.47. The molecule has 0 saturated carbocycles. The number of aromatic nitrogens is 3. The van der Waals surface area contributed by atoms with Crippen molar-refractivity contribution in [2.75, 3.05) is 36.2 Å². The van der Waals surface area contributed by atoms with Gasteiger partial charge in [-0.05, 0) is 41.6 Å². The van der Waals surface area contributed by atoms with E-state index in [1.807, 2.05) is 50.2 Å². The molecule has 0 saturated heterocycles. The fourth-order valence-electron chi connectivity index (χ4n) is 1.54. The van der Waals surface area contributed by atoms with E-state index in [2.05, 4.69) is 48.2 Å². The Kier molecular flexibility index (Phi) is 4.94. The van der Waals surface area contributed by atoms with E-state index in [1.165, 1.54) is 0 Å². The van der Waals surface area contributed by atoms with E-state index in [9.17, 15) is 0 Å². The van der Waals surface area contributed by atoms with Crippen molar-refractivity contribution < 1.29 is 0 Å². The fraction of sp³-hybridized carbons (Fsp3) is 0.308. The second kappa shape index (κ2) is 6.69. The predicted molar refractivity (Wildman–Crippen MR) is 90.8 cm³/mol. The Bertz CT molecular complexity index is 587. The minimum atomic E-state index is 0.531. The molecule has 0 aliphatic rings. The van der Waals surface area contributed by atoms with E-state index in [0.29, 0.717) is 17.8 Å². The Morgan fingerprint density at radius 1 is 1.10 bits per heavy atom. The van der Waals surface area contributed by atoms with Crippen molar-refractivity contribution in [3.8, 4) is 0 Å². The number of hydrogen-bond acceptors (Lipinski definition) is 6. The maximum atomic E-state index is 4.40. The first-order valence-corrected chi connectivity index (χ1v) is 7.37. The van der Waals surface area contributed by atoms with Crippen molar-refractivity contribution in [3.05, 3.63) is 27.8 Å². The predicted octanol–water partition coefficient (Wildman–Crippen LogP) is 2.72. The molecule has 0 bridgehead atoms.